The first-order valence-electron chi connectivity index (χ1n) is 10.6. The average molecular weight is 414 g/mol. The Kier molecular flexibility index (Phi) is 6.08. The highest BCUT2D eigenvalue weighted by molar-refractivity contribution is 5.98. The zero-order chi connectivity index (χ0) is 21.8. The molecular formula is C27H27NO3. The second-order valence-corrected chi connectivity index (χ2v) is 7.79. The van der Waals surface area contributed by atoms with Crippen molar-refractivity contribution in [2.45, 2.75) is 33.7 Å². The summed E-state index contributed by atoms with van der Waals surface area (Å²) >= 11 is 0. The Hall–Kier alpha value is -3.53. The van der Waals surface area contributed by atoms with Gasteiger partial charge in [0.15, 0.2) is 0 Å². The van der Waals surface area contributed by atoms with Crippen LogP contribution < -0.4 is 9.64 Å². The quantitative estimate of drug-likeness (QED) is 0.361. The smallest absolute Gasteiger partial charge is 0.231 e. The molecule has 0 spiro atoms. The molecule has 0 unspecified atom stereocenters. The topological polar surface area (TPSA) is 42.7 Å². The summed E-state index contributed by atoms with van der Waals surface area (Å²) in [6, 6.07) is 21.9. The van der Waals surface area contributed by atoms with Gasteiger partial charge in [0.1, 0.15) is 11.3 Å². The summed E-state index contributed by atoms with van der Waals surface area (Å²) in [6.45, 7) is 7.18. The lowest BCUT2D eigenvalue weighted by atomic mass is 10.0. The first kappa shape index (κ1) is 20.7. The maximum Gasteiger partial charge on any atom is 0.231 e. The Bertz CT molecular complexity index is 1180. The van der Waals surface area contributed by atoms with Gasteiger partial charge in [-0.05, 0) is 67.8 Å². The highest BCUT2D eigenvalue weighted by atomic mass is 16.5. The molecule has 0 fully saturated rings. The molecule has 4 heteroatoms. The Morgan fingerprint density at radius 2 is 1.74 bits per heavy atom. The van der Waals surface area contributed by atoms with Crippen LogP contribution in [0.5, 0.6) is 5.75 Å². The molecule has 1 aromatic heterocycles. The molecule has 0 radical (unpaired) electrons. The molecule has 0 N–H and O–H groups in total. The Labute approximate surface area is 183 Å². The van der Waals surface area contributed by atoms with Gasteiger partial charge in [-0.25, -0.2) is 0 Å². The fraction of sp³-hybridized carbons (Fsp3) is 0.222. The SMILES string of the molecule is CCOc1ccc(N(Cc2ccccc2)C(=O)Cc2coc3cc(C)cc(C)c23)cc1. The zero-order valence-electron chi connectivity index (χ0n) is 18.2. The van der Waals surface area contributed by atoms with E-state index in [0.717, 1.165) is 44.7 Å². The van der Waals surface area contributed by atoms with E-state index in [-0.39, 0.29) is 12.3 Å². The summed E-state index contributed by atoms with van der Waals surface area (Å²) < 4.78 is 11.3. The highest BCUT2D eigenvalue weighted by Gasteiger charge is 2.20. The Morgan fingerprint density at radius 3 is 2.45 bits per heavy atom. The lowest BCUT2D eigenvalue weighted by molar-refractivity contribution is -0.118. The fourth-order valence-corrected chi connectivity index (χ4v) is 3.99. The molecule has 0 aliphatic rings. The molecule has 0 bridgehead atoms. The minimum absolute atomic E-state index is 0.0238. The normalized spacial score (nSPS) is 10.9. The van der Waals surface area contributed by atoms with Gasteiger partial charge in [-0.15, -0.1) is 0 Å². The van der Waals surface area contributed by atoms with Gasteiger partial charge >= 0.3 is 0 Å². The molecule has 0 aliphatic carbocycles. The number of ether oxygens (including phenoxy) is 1. The molecule has 1 heterocycles. The Balaban J connectivity index is 1.65. The largest absolute Gasteiger partial charge is 0.494 e. The maximum atomic E-state index is 13.5. The number of fused-ring (bicyclic) bond motifs is 1. The number of anilines is 1. The van der Waals surface area contributed by atoms with Crippen molar-refractivity contribution in [1.29, 1.82) is 0 Å². The third kappa shape index (κ3) is 4.64. The summed E-state index contributed by atoms with van der Waals surface area (Å²) in [5.74, 6) is 0.820. The van der Waals surface area contributed by atoms with Crippen molar-refractivity contribution in [1.82, 2.24) is 0 Å². The first-order chi connectivity index (χ1) is 15.0. The van der Waals surface area contributed by atoms with E-state index in [1.54, 1.807) is 6.26 Å². The third-order valence-corrected chi connectivity index (χ3v) is 5.38. The first-order valence-corrected chi connectivity index (χ1v) is 10.6. The van der Waals surface area contributed by atoms with E-state index >= 15 is 0 Å². The number of nitrogens with zero attached hydrogens (tertiary/aromatic N) is 1. The summed E-state index contributed by atoms with van der Waals surface area (Å²) in [4.78, 5) is 15.3. The van der Waals surface area contributed by atoms with Gasteiger partial charge in [-0.3, -0.25) is 4.79 Å². The van der Waals surface area contributed by atoms with Crippen molar-refractivity contribution in [2.24, 2.45) is 0 Å². The number of amides is 1. The van der Waals surface area contributed by atoms with E-state index in [0.29, 0.717) is 13.2 Å². The minimum Gasteiger partial charge on any atom is -0.494 e. The van der Waals surface area contributed by atoms with Gasteiger partial charge in [0, 0.05) is 16.6 Å². The average Bonchev–Trinajstić information content (AvgIpc) is 3.16. The lowest BCUT2D eigenvalue weighted by Crippen LogP contribution is -2.31. The maximum absolute atomic E-state index is 13.5. The lowest BCUT2D eigenvalue weighted by Gasteiger charge is -2.23. The van der Waals surface area contributed by atoms with E-state index in [4.69, 9.17) is 9.15 Å². The molecule has 0 saturated carbocycles. The third-order valence-electron chi connectivity index (χ3n) is 5.38. The van der Waals surface area contributed by atoms with Crippen LogP contribution in [0.25, 0.3) is 11.0 Å². The number of benzene rings is 3. The van der Waals surface area contributed by atoms with Crippen LogP contribution in [0.2, 0.25) is 0 Å². The molecule has 3 aromatic carbocycles. The molecule has 1 amide bonds. The van der Waals surface area contributed by atoms with Gasteiger partial charge in [-0.2, -0.15) is 0 Å². The van der Waals surface area contributed by atoms with Crippen molar-refractivity contribution < 1.29 is 13.9 Å². The number of carbonyl (C=O) groups excluding carboxylic acids is 1. The predicted octanol–water partition coefficient (Wildman–Crippen LogP) is 6.22. The monoisotopic (exact) mass is 413 g/mol. The summed E-state index contributed by atoms with van der Waals surface area (Å²) in [7, 11) is 0. The number of carbonyl (C=O) groups is 1. The fourth-order valence-electron chi connectivity index (χ4n) is 3.99. The molecular weight excluding hydrogens is 386 g/mol. The molecule has 158 valence electrons. The van der Waals surface area contributed by atoms with Crippen LogP contribution in [0.1, 0.15) is 29.2 Å². The molecule has 0 atom stereocenters. The second kappa shape index (κ2) is 9.09. The van der Waals surface area contributed by atoms with Gasteiger partial charge in [-0.1, -0.05) is 36.4 Å². The van der Waals surface area contributed by atoms with E-state index in [9.17, 15) is 4.79 Å². The second-order valence-electron chi connectivity index (χ2n) is 7.79. The number of rotatable bonds is 7. The molecule has 4 nitrogen and oxygen atoms in total. The van der Waals surface area contributed by atoms with Crippen molar-refractivity contribution in [3.05, 3.63) is 95.2 Å². The van der Waals surface area contributed by atoms with Gasteiger partial charge in [0.05, 0.1) is 25.8 Å². The Morgan fingerprint density at radius 1 is 1.00 bits per heavy atom. The van der Waals surface area contributed by atoms with Crippen LogP contribution in [0, 0.1) is 13.8 Å². The minimum atomic E-state index is 0.0238. The van der Waals surface area contributed by atoms with E-state index in [1.165, 1.54) is 0 Å². The zero-order valence-corrected chi connectivity index (χ0v) is 18.2. The van der Waals surface area contributed by atoms with Crippen LogP contribution in [0.15, 0.2) is 77.4 Å². The molecule has 0 aliphatic heterocycles. The van der Waals surface area contributed by atoms with Gasteiger partial charge < -0.3 is 14.1 Å². The van der Waals surface area contributed by atoms with Crippen LogP contribution in [-0.4, -0.2) is 12.5 Å². The van der Waals surface area contributed by atoms with Crippen LogP contribution in [0.4, 0.5) is 5.69 Å². The summed E-state index contributed by atoms with van der Waals surface area (Å²) in [5, 5.41) is 1.03. The van der Waals surface area contributed by atoms with Gasteiger partial charge in [0.25, 0.3) is 0 Å². The van der Waals surface area contributed by atoms with Crippen LogP contribution in [0.3, 0.4) is 0 Å². The number of furan rings is 1. The molecule has 31 heavy (non-hydrogen) atoms. The number of aryl methyl sites for hydroxylation is 2. The van der Waals surface area contributed by atoms with E-state index < -0.39 is 0 Å². The molecule has 4 aromatic rings. The molecule has 0 saturated heterocycles. The van der Waals surface area contributed by atoms with Crippen LogP contribution in [-0.2, 0) is 17.8 Å². The van der Waals surface area contributed by atoms with Crippen molar-refractivity contribution in [2.75, 3.05) is 11.5 Å². The summed E-state index contributed by atoms with van der Waals surface area (Å²) in [6.07, 6.45) is 1.99. The van der Waals surface area contributed by atoms with E-state index in [1.807, 2.05) is 79.4 Å². The van der Waals surface area contributed by atoms with Crippen LogP contribution >= 0.6 is 0 Å². The highest BCUT2D eigenvalue weighted by Crippen LogP contribution is 2.28. The molecule has 4 rings (SSSR count). The van der Waals surface area contributed by atoms with E-state index in [2.05, 4.69) is 13.0 Å². The summed E-state index contributed by atoms with van der Waals surface area (Å²) in [5.41, 5.74) is 5.95. The van der Waals surface area contributed by atoms with Crippen molar-refractivity contribution in [3.63, 3.8) is 0 Å². The number of hydrogen-bond acceptors (Lipinski definition) is 3. The van der Waals surface area contributed by atoms with Crippen molar-refractivity contribution in [3.8, 4) is 5.75 Å². The standard InChI is InChI=1S/C27H27NO3/c1-4-30-24-12-10-23(11-13-24)28(17-21-8-6-5-7-9-21)26(29)16-22-18-31-25-15-19(2)14-20(3)27(22)25/h5-15,18H,4,16-17H2,1-3H3. The van der Waals surface area contributed by atoms with Gasteiger partial charge in [0.2, 0.25) is 5.91 Å². The predicted molar refractivity (Wildman–Crippen MR) is 125 cm³/mol. The number of hydrogen-bond donors (Lipinski definition) is 0. The van der Waals surface area contributed by atoms with Crippen molar-refractivity contribution >= 4 is 22.6 Å².